The lowest BCUT2D eigenvalue weighted by Crippen LogP contribution is -2.55. The number of benzene rings is 2. The van der Waals surface area contributed by atoms with Gasteiger partial charge in [-0.3, -0.25) is 14.3 Å². The first-order valence-corrected chi connectivity index (χ1v) is 15.1. The summed E-state index contributed by atoms with van der Waals surface area (Å²) in [5, 5.41) is 16.3. The second kappa shape index (κ2) is 10.3. The van der Waals surface area contributed by atoms with Gasteiger partial charge in [-0.1, -0.05) is 36.4 Å². The van der Waals surface area contributed by atoms with Crippen LogP contribution in [0.3, 0.4) is 0 Å². The Morgan fingerprint density at radius 2 is 1.93 bits per heavy atom. The molecule has 0 bridgehead atoms. The molecule has 3 aliphatic rings. The molecule has 0 radical (unpaired) electrons. The van der Waals surface area contributed by atoms with E-state index in [1.807, 2.05) is 42.5 Å². The van der Waals surface area contributed by atoms with Crippen molar-refractivity contribution >= 4 is 32.6 Å². The Morgan fingerprint density at radius 1 is 1.17 bits per heavy atom. The van der Waals surface area contributed by atoms with E-state index in [-0.39, 0.29) is 12.0 Å². The number of nitriles is 1. The summed E-state index contributed by atoms with van der Waals surface area (Å²) in [6.07, 6.45) is 2.88. The van der Waals surface area contributed by atoms with E-state index in [1.54, 1.807) is 18.2 Å². The number of nitrogens with one attached hydrogen (secondary N) is 3. The number of nitrogens with zero attached hydrogens (tertiary/aromatic N) is 2. The van der Waals surface area contributed by atoms with Crippen molar-refractivity contribution in [1.29, 1.82) is 5.26 Å². The molecule has 2 saturated carbocycles. The van der Waals surface area contributed by atoms with E-state index in [1.165, 1.54) is 0 Å². The Labute approximate surface area is 237 Å². The van der Waals surface area contributed by atoms with E-state index in [4.69, 9.17) is 15.0 Å². The molecule has 3 N–H and O–H groups in total. The van der Waals surface area contributed by atoms with Gasteiger partial charge in [-0.2, -0.15) is 5.26 Å². The number of hydrogen-bond donors (Lipinski definition) is 3. The Kier molecular flexibility index (Phi) is 6.76. The first kappa shape index (κ1) is 26.9. The average Bonchev–Trinajstić information content (AvgIpc) is 3.90. The van der Waals surface area contributed by atoms with Crippen molar-refractivity contribution in [2.24, 2.45) is 5.92 Å². The Morgan fingerprint density at radius 3 is 2.61 bits per heavy atom. The third-order valence-electron chi connectivity index (χ3n) is 7.95. The Balaban J connectivity index is 1.16. The lowest BCUT2D eigenvalue weighted by molar-refractivity contribution is -0.130. The molecule has 0 spiro atoms. The largest absolute Gasteiger partial charge is 0.472 e. The number of aromatic nitrogens is 1. The van der Waals surface area contributed by atoms with Crippen molar-refractivity contribution in [1.82, 2.24) is 20.3 Å². The summed E-state index contributed by atoms with van der Waals surface area (Å²) in [5.41, 5.74) is 0.771. The summed E-state index contributed by atoms with van der Waals surface area (Å²) in [6.45, 7) is 4.12. The standard InChI is InChI=1S/C30H29N5O5S/c1-2-21-15-30(21,29(37)35-41(38,39)23-11-12-23)34-27(36)26-14-22(17-32-26)40-28-24-6-4-3-5-20(24)13-25(33-28)19-9-7-18(16-31)8-10-19/h2-10,13,21-23,26,32H,1,11-12,14-15,17H2,(H,34,36)(H,35,37). The fourth-order valence-electron chi connectivity index (χ4n) is 5.29. The van der Waals surface area contributed by atoms with Crippen LogP contribution in [0.25, 0.3) is 22.0 Å². The van der Waals surface area contributed by atoms with Gasteiger partial charge in [0.15, 0.2) is 0 Å². The van der Waals surface area contributed by atoms with Crippen molar-refractivity contribution in [2.75, 3.05) is 6.54 Å². The van der Waals surface area contributed by atoms with Crippen LogP contribution in [0.4, 0.5) is 0 Å². The fourth-order valence-corrected chi connectivity index (χ4v) is 6.66. The maximum atomic E-state index is 13.2. The van der Waals surface area contributed by atoms with E-state index in [0.717, 1.165) is 16.3 Å². The summed E-state index contributed by atoms with van der Waals surface area (Å²) in [5.74, 6) is -1.03. The zero-order valence-corrected chi connectivity index (χ0v) is 23.0. The molecule has 1 aliphatic heterocycles. The summed E-state index contributed by atoms with van der Waals surface area (Å²) in [4.78, 5) is 31.0. The average molecular weight is 572 g/mol. The fraction of sp³-hybridized carbons (Fsp3) is 0.333. The molecule has 4 unspecified atom stereocenters. The van der Waals surface area contributed by atoms with Crippen LogP contribution in [-0.4, -0.2) is 54.7 Å². The van der Waals surface area contributed by atoms with E-state index in [2.05, 4.69) is 28.0 Å². The van der Waals surface area contributed by atoms with Crippen LogP contribution in [0.1, 0.15) is 31.2 Å². The summed E-state index contributed by atoms with van der Waals surface area (Å²) in [6, 6.07) is 18.3. The zero-order chi connectivity index (χ0) is 28.8. The smallest absolute Gasteiger partial charge is 0.259 e. The Hall–Kier alpha value is -4.27. The molecule has 1 aromatic heterocycles. The van der Waals surface area contributed by atoms with Gasteiger partial charge < -0.3 is 15.4 Å². The monoisotopic (exact) mass is 571 g/mol. The molecule has 210 valence electrons. The van der Waals surface area contributed by atoms with Gasteiger partial charge in [0.1, 0.15) is 11.6 Å². The predicted molar refractivity (Wildman–Crippen MR) is 152 cm³/mol. The molecule has 1 saturated heterocycles. The number of amides is 2. The first-order valence-electron chi connectivity index (χ1n) is 13.5. The van der Waals surface area contributed by atoms with Gasteiger partial charge in [-0.25, -0.2) is 13.4 Å². The third kappa shape index (κ3) is 5.28. The highest BCUT2D eigenvalue weighted by molar-refractivity contribution is 7.91. The Bertz CT molecular complexity index is 1700. The minimum absolute atomic E-state index is 0.291. The molecule has 41 heavy (non-hydrogen) atoms. The summed E-state index contributed by atoms with van der Waals surface area (Å²) < 4.78 is 33.2. The van der Waals surface area contributed by atoms with E-state index in [9.17, 15) is 18.0 Å². The maximum Gasteiger partial charge on any atom is 0.259 e. The number of hydrogen-bond acceptors (Lipinski definition) is 8. The van der Waals surface area contributed by atoms with Gasteiger partial charge in [0.25, 0.3) is 5.91 Å². The highest BCUT2D eigenvalue weighted by Crippen LogP contribution is 2.45. The molecular weight excluding hydrogens is 542 g/mol. The van der Waals surface area contributed by atoms with E-state index >= 15 is 0 Å². The SMILES string of the molecule is C=CC1CC1(NC(=O)C1CC(Oc2nc(-c3ccc(C#N)cc3)cc3ccccc23)CN1)C(=O)NS(=O)(=O)C1CC1. The van der Waals surface area contributed by atoms with Crippen LogP contribution in [0.2, 0.25) is 0 Å². The van der Waals surface area contributed by atoms with E-state index < -0.39 is 38.7 Å². The number of sulfonamides is 1. The van der Waals surface area contributed by atoms with Crippen LogP contribution < -0.4 is 20.1 Å². The normalized spacial score (nSPS) is 25.2. The summed E-state index contributed by atoms with van der Waals surface area (Å²) in [7, 11) is -3.75. The molecule has 3 aromatic rings. The molecule has 11 heteroatoms. The van der Waals surface area contributed by atoms with Gasteiger partial charge in [0.05, 0.1) is 28.6 Å². The maximum absolute atomic E-state index is 13.2. The van der Waals surface area contributed by atoms with Crippen molar-refractivity contribution < 1.29 is 22.7 Å². The number of pyridine rings is 1. The number of fused-ring (bicyclic) bond motifs is 1. The van der Waals surface area contributed by atoms with Gasteiger partial charge in [-0.15, -0.1) is 6.58 Å². The number of carbonyl (C=O) groups excluding carboxylic acids is 2. The lowest BCUT2D eigenvalue weighted by Gasteiger charge is -2.21. The van der Waals surface area contributed by atoms with Crippen molar-refractivity contribution in [3.8, 4) is 23.2 Å². The van der Waals surface area contributed by atoms with Crippen LogP contribution in [0, 0.1) is 17.2 Å². The van der Waals surface area contributed by atoms with Gasteiger partial charge in [0.2, 0.25) is 21.8 Å². The molecule has 10 nitrogen and oxygen atoms in total. The molecule has 3 fully saturated rings. The van der Waals surface area contributed by atoms with Gasteiger partial charge >= 0.3 is 0 Å². The molecule has 2 aliphatic carbocycles. The quantitative estimate of drug-likeness (QED) is 0.332. The second-order valence-corrected chi connectivity index (χ2v) is 12.8. The lowest BCUT2D eigenvalue weighted by atomic mass is 10.1. The van der Waals surface area contributed by atoms with Gasteiger partial charge in [0, 0.05) is 29.8 Å². The van der Waals surface area contributed by atoms with Crippen molar-refractivity contribution in [3.05, 3.63) is 72.8 Å². The zero-order valence-electron chi connectivity index (χ0n) is 22.2. The van der Waals surface area contributed by atoms with Crippen LogP contribution >= 0.6 is 0 Å². The third-order valence-corrected chi connectivity index (χ3v) is 9.77. The van der Waals surface area contributed by atoms with Crippen LogP contribution in [-0.2, 0) is 19.6 Å². The minimum Gasteiger partial charge on any atom is -0.472 e. The number of rotatable bonds is 9. The summed E-state index contributed by atoms with van der Waals surface area (Å²) >= 11 is 0. The number of carbonyl (C=O) groups is 2. The van der Waals surface area contributed by atoms with Gasteiger partial charge in [-0.05, 0) is 48.9 Å². The highest BCUT2D eigenvalue weighted by Gasteiger charge is 2.61. The topological polar surface area (TPSA) is 150 Å². The van der Waals surface area contributed by atoms with E-state index in [0.29, 0.717) is 49.4 Å². The molecule has 2 heterocycles. The molecule has 6 rings (SSSR count). The second-order valence-electron chi connectivity index (χ2n) is 10.8. The number of ether oxygens (including phenoxy) is 1. The molecular formula is C30H29N5O5S. The predicted octanol–water partition coefficient (Wildman–Crippen LogP) is 2.55. The minimum atomic E-state index is -3.75. The van der Waals surface area contributed by atoms with Crippen LogP contribution in [0.5, 0.6) is 5.88 Å². The van der Waals surface area contributed by atoms with Crippen molar-refractivity contribution in [2.45, 2.75) is 48.6 Å². The first-order chi connectivity index (χ1) is 19.7. The highest BCUT2D eigenvalue weighted by atomic mass is 32.2. The molecule has 2 amide bonds. The van der Waals surface area contributed by atoms with Crippen LogP contribution in [0.15, 0.2) is 67.3 Å². The molecule has 4 atom stereocenters. The molecule has 2 aromatic carbocycles. The van der Waals surface area contributed by atoms with Crippen molar-refractivity contribution in [3.63, 3.8) is 0 Å².